The van der Waals surface area contributed by atoms with Crippen LogP contribution in [0.25, 0.3) is 0 Å². The summed E-state index contributed by atoms with van der Waals surface area (Å²) in [5.41, 5.74) is 0.767. The molecular weight excluding hydrogens is 371 g/mol. The lowest BCUT2D eigenvalue weighted by Crippen LogP contribution is -2.28. The van der Waals surface area contributed by atoms with E-state index in [2.05, 4.69) is 4.74 Å². The maximum Gasteiger partial charge on any atom is 0.387 e. The summed E-state index contributed by atoms with van der Waals surface area (Å²) in [5, 5.41) is 0.182. The van der Waals surface area contributed by atoms with Crippen molar-refractivity contribution in [2.24, 2.45) is 0 Å². The van der Waals surface area contributed by atoms with E-state index in [1.165, 1.54) is 42.3 Å². The molecule has 0 radical (unpaired) electrons. The number of carbonyl (C=O) groups is 1. The predicted molar refractivity (Wildman–Crippen MR) is 91.2 cm³/mol. The number of alkyl halides is 2. The summed E-state index contributed by atoms with van der Waals surface area (Å²) in [7, 11) is 2.87. The van der Waals surface area contributed by atoms with E-state index in [4.69, 9.17) is 16.3 Å². The van der Waals surface area contributed by atoms with Gasteiger partial charge in [0.2, 0.25) is 5.91 Å². The molecule has 0 saturated heterocycles. The minimum atomic E-state index is -2.97. The SMILES string of the molecule is COc1cc(CN(C)C(=O)Cc2c(F)cccc2Cl)ccc1OC(F)F. The average Bonchev–Trinajstić information content (AvgIpc) is 2.58. The molecule has 1 amide bonds. The largest absolute Gasteiger partial charge is 0.493 e. The fourth-order valence-electron chi connectivity index (χ4n) is 2.35. The van der Waals surface area contributed by atoms with Crippen LogP contribution in [0, 0.1) is 5.82 Å². The summed E-state index contributed by atoms with van der Waals surface area (Å²) in [6.45, 7) is -2.79. The number of likely N-dealkylation sites (N-methyl/N-ethyl adjacent to an activating group) is 1. The summed E-state index contributed by atoms with van der Waals surface area (Å²) in [4.78, 5) is 13.7. The van der Waals surface area contributed by atoms with Gasteiger partial charge in [-0.2, -0.15) is 8.78 Å². The van der Waals surface area contributed by atoms with Gasteiger partial charge in [0.25, 0.3) is 0 Å². The van der Waals surface area contributed by atoms with E-state index in [9.17, 15) is 18.0 Å². The first-order chi connectivity index (χ1) is 12.3. The van der Waals surface area contributed by atoms with Crippen molar-refractivity contribution in [3.63, 3.8) is 0 Å². The molecule has 0 aliphatic heterocycles. The van der Waals surface area contributed by atoms with E-state index in [-0.39, 0.29) is 41.0 Å². The molecule has 2 aromatic carbocycles. The van der Waals surface area contributed by atoms with Crippen LogP contribution in [0.1, 0.15) is 11.1 Å². The second kappa shape index (κ2) is 8.80. The minimum Gasteiger partial charge on any atom is -0.493 e. The molecule has 26 heavy (non-hydrogen) atoms. The molecule has 140 valence electrons. The monoisotopic (exact) mass is 387 g/mol. The Labute approximate surface area is 154 Å². The number of halogens is 4. The van der Waals surface area contributed by atoms with E-state index in [0.29, 0.717) is 5.56 Å². The van der Waals surface area contributed by atoms with Crippen molar-refractivity contribution in [2.45, 2.75) is 19.6 Å². The van der Waals surface area contributed by atoms with Crippen molar-refractivity contribution in [2.75, 3.05) is 14.2 Å². The van der Waals surface area contributed by atoms with E-state index in [1.54, 1.807) is 13.1 Å². The van der Waals surface area contributed by atoms with Crippen molar-refractivity contribution >= 4 is 17.5 Å². The third-order valence-corrected chi connectivity index (χ3v) is 4.03. The highest BCUT2D eigenvalue weighted by molar-refractivity contribution is 6.31. The van der Waals surface area contributed by atoms with Crippen LogP contribution in [-0.4, -0.2) is 31.6 Å². The van der Waals surface area contributed by atoms with Gasteiger partial charge >= 0.3 is 6.61 Å². The van der Waals surface area contributed by atoms with E-state index in [1.807, 2.05) is 0 Å². The van der Waals surface area contributed by atoms with Crippen molar-refractivity contribution in [1.82, 2.24) is 4.90 Å². The van der Waals surface area contributed by atoms with Gasteiger partial charge in [0.05, 0.1) is 13.5 Å². The molecular formula is C18H17ClF3NO3. The first kappa shape index (κ1) is 19.9. The quantitative estimate of drug-likeness (QED) is 0.711. The van der Waals surface area contributed by atoms with Crippen LogP contribution in [0.4, 0.5) is 13.2 Å². The van der Waals surface area contributed by atoms with Crippen molar-refractivity contribution in [3.8, 4) is 11.5 Å². The molecule has 4 nitrogen and oxygen atoms in total. The van der Waals surface area contributed by atoms with Crippen molar-refractivity contribution < 1.29 is 27.4 Å². The summed E-state index contributed by atoms with van der Waals surface area (Å²) in [6, 6.07) is 8.59. The van der Waals surface area contributed by atoms with Gasteiger partial charge in [-0.15, -0.1) is 0 Å². The number of rotatable bonds is 7. The summed E-state index contributed by atoms with van der Waals surface area (Å²) >= 11 is 5.93. The van der Waals surface area contributed by atoms with E-state index < -0.39 is 12.4 Å². The van der Waals surface area contributed by atoms with Gasteiger partial charge in [0, 0.05) is 24.2 Å². The number of hydrogen-bond acceptors (Lipinski definition) is 3. The van der Waals surface area contributed by atoms with Crippen molar-refractivity contribution in [1.29, 1.82) is 0 Å². The number of ether oxygens (including phenoxy) is 2. The third-order valence-electron chi connectivity index (χ3n) is 3.68. The predicted octanol–water partition coefficient (Wildman–Crippen LogP) is 4.29. The molecule has 0 atom stereocenters. The topological polar surface area (TPSA) is 38.8 Å². The molecule has 0 spiro atoms. The Bertz CT molecular complexity index is 766. The molecule has 0 aliphatic rings. The van der Waals surface area contributed by atoms with Crippen LogP contribution in [-0.2, 0) is 17.8 Å². The number of hydrogen-bond donors (Lipinski definition) is 0. The first-order valence-corrected chi connectivity index (χ1v) is 7.98. The van der Waals surface area contributed by atoms with Crippen LogP contribution >= 0.6 is 11.6 Å². The van der Waals surface area contributed by atoms with E-state index >= 15 is 0 Å². The molecule has 0 N–H and O–H groups in total. The Kier molecular flexibility index (Phi) is 6.74. The number of amides is 1. The maximum absolute atomic E-state index is 13.8. The first-order valence-electron chi connectivity index (χ1n) is 7.60. The fourth-order valence-corrected chi connectivity index (χ4v) is 2.58. The lowest BCUT2D eigenvalue weighted by atomic mass is 10.1. The fraction of sp³-hybridized carbons (Fsp3) is 0.278. The van der Waals surface area contributed by atoms with Crippen LogP contribution in [0.5, 0.6) is 11.5 Å². The Hall–Kier alpha value is -2.41. The number of methoxy groups -OCH3 is 1. The minimum absolute atomic E-state index is 0.0987. The molecule has 0 fully saturated rings. The second-order valence-electron chi connectivity index (χ2n) is 5.49. The normalized spacial score (nSPS) is 10.7. The Morgan fingerprint density at radius 3 is 2.58 bits per heavy atom. The number of nitrogens with zero attached hydrogens (tertiary/aromatic N) is 1. The highest BCUT2D eigenvalue weighted by atomic mass is 35.5. The summed E-state index contributed by atoms with van der Waals surface area (Å²) in [5.74, 6) is -0.863. The summed E-state index contributed by atoms with van der Waals surface area (Å²) in [6.07, 6.45) is -0.189. The number of carbonyl (C=O) groups excluding carboxylic acids is 1. The van der Waals surface area contributed by atoms with Gasteiger partial charge in [0.1, 0.15) is 5.82 Å². The lowest BCUT2D eigenvalue weighted by Gasteiger charge is -2.19. The molecule has 0 saturated carbocycles. The van der Waals surface area contributed by atoms with Crippen LogP contribution in [0.2, 0.25) is 5.02 Å². The molecule has 0 bridgehead atoms. The van der Waals surface area contributed by atoms with Gasteiger partial charge in [0.15, 0.2) is 11.5 Å². The molecule has 2 rings (SSSR count). The summed E-state index contributed by atoms with van der Waals surface area (Å²) < 4.78 is 47.9. The zero-order valence-corrected chi connectivity index (χ0v) is 14.9. The third kappa shape index (κ3) is 5.05. The highest BCUT2D eigenvalue weighted by Gasteiger charge is 2.17. The Morgan fingerprint density at radius 2 is 1.96 bits per heavy atom. The zero-order chi connectivity index (χ0) is 19.3. The lowest BCUT2D eigenvalue weighted by molar-refractivity contribution is -0.129. The standard InChI is InChI=1S/C18H17ClF3NO3/c1-23(17(24)9-12-13(19)4-3-5-14(12)20)10-11-6-7-15(26-18(21)22)16(8-11)25-2/h3-8,18H,9-10H2,1-2H3. The second-order valence-corrected chi connectivity index (χ2v) is 5.90. The van der Waals surface area contributed by atoms with Gasteiger partial charge in [-0.25, -0.2) is 4.39 Å². The van der Waals surface area contributed by atoms with Crippen molar-refractivity contribution in [3.05, 3.63) is 58.4 Å². The smallest absolute Gasteiger partial charge is 0.387 e. The van der Waals surface area contributed by atoms with Gasteiger partial charge in [-0.05, 0) is 29.8 Å². The molecule has 0 aliphatic carbocycles. The average molecular weight is 388 g/mol. The Morgan fingerprint density at radius 1 is 1.23 bits per heavy atom. The van der Waals surface area contributed by atoms with Crippen LogP contribution < -0.4 is 9.47 Å². The molecule has 0 heterocycles. The molecule has 8 heteroatoms. The van der Waals surface area contributed by atoms with Crippen LogP contribution in [0.15, 0.2) is 36.4 Å². The van der Waals surface area contributed by atoms with Crippen LogP contribution in [0.3, 0.4) is 0 Å². The Balaban J connectivity index is 2.09. The van der Waals surface area contributed by atoms with Gasteiger partial charge < -0.3 is 14.4 Å². The zero-order valence-electron chi connectivity index (χ0n) is 14.1. The van der Waals surface area contributed by atoms with E-state index in [0.717, 1.165) is 0 Å². The molecule has 0 unspecified atom stereocenters. The molecule has 0 aromatic heterocycles. The highest BCUT2D eigenvalue weighted by Crippen LogP contribution is 2.30. The van der Waals surface area contributed by atoms with Gasteiger partial charge in [-0.3, -0.25) is 4.79 Å². The maximum atomic E-state index is 13.8. The molecule has 2 aromatic rings. The number of benzene rings is 2. The van der Waals surface area contributed by atoms with Gasteiger partial charge in [-0.1, -0.05) is 23.7 Å².